The van der Waals surface area contributed by atoms with Crippen LogP contribution in [0.15, 0.2) is 22.8 Å². The van der Waals surface area contributed by atoms with Crippen LogP contribution in [0.4, 0.5) is 5.95 Å². The van der Waals surface area contributed by atoms with Crippen molar-refractivity contribution < 1.29 is 0 Å². The molecule has 4 nitrogen and oxygen atoms in total. The number of halogens is 1. The van der Waals surface area contributed by atoms with E-state index in [4.69, 9.17) is 6.42 Å². The lowest BCUT2D eigenvalue weighted by Gasteiger charge is -2.06. The number of rotatable bonds is 3. The molecule has 1 N–H and O–H groups in total. The summed E-state index contributed by atoms with van der Waals surface area (Å²) in [4.78, 5) is 4.36. The van der Waals surface area contributed by atoms with Gasteiger partial charge in [-0.15, -0.1) is 17.4 Å². The highest BCUT2D eigenvalue weighted by Crippen LogP contribution is 2.17. The van der Waals surface area contributed by atoms with E-state index in [-0.39, 0.29) is 6.04 Å². The van der Waals surface area contributed by atoms with E-state index >= 15 is 0 Å². The molecule has 0 radical (unpaired) electrons. The zero-order valence-corrected chi connectivity index (χ0v) is 10.4. The smallest absolute Gasteiger partial charge is 0.243 e. The molecule has 16 heavy (non-hydrogen) atoms. The lowest BCUT2D eigenvalue weighted by atomic mass is 10.2. The van der Waals surface area contributed by atoms with Crippen LogP contribution < -0.4 is 5.32 Å². The minimum absolute atomic E-state index is 0.168. The minimum Gasteiger partial charge on any atom is -0.350 e. The molecular formula is C11H11BrN4. The minimum atomic E-state index is 0.168. The van der Waals surface area contributed by atoms with Crippen molar-refractivity contribution in [3.63, 3.8) is 0 Å². The highest BCUT2D eigenvalue weighted by atomic mass is 79.9. The number of hydrogen-bond acceptors (Lipinski definition) is 3. The van der Waals surface area contributed by atoms with E-state index in [1.165, 1.54) is 0 Å². The molecule has 1 unspecified atom stereocenters. The zero-order chi connectivity index (χ0) is 11.5. The first-order chi connectivity index (χ1) is 7.70. The van der Waals surface area contributed by atoms with Crippen molar-refractivity contribution in [3.8, 4) is 12.3 Å². The summed E-state index contributed by atoms with van der Waals surface area (Å²) in [6.07, 6.45) is 7.74. The summed E-state index contributed by atoms with van der Waals surface area (Å²) in [7, 11) is 0. The third-order valence-electron chi connectivity index (χ3n) is 2.11. The average Bonchev–Trinajstić information content (AvgIpc) is 2.62. The molecule has 2 aromatic rings. The fraction of sp³-hybridized carbons (Fsp3) is 0.273. The van der Waals surface area contributed by atoms with Crippen molar-refractivity contribution in [3.05, 3.63) is 22.8 Å². The van der Waals surface area contributed by atoms with Crippen LogP contribution in [0.5, 0.6) is 0 Å². The maximum Gasteiger partial charge on any atom is 0.243 e. The summed E-state index contributed by atoms with van der Waals surface area (Å²) in [5.41, 5.74) is 0.790. The molecule has 0 fully saturated rings. The van der Waals surface area contributed by atoms with Crippen molar-refractivity contribution in [2.45, 2.75) is 19.4 Å². The summed E-state index contributed by atoms with van der Waals surface area (Å²) < 4.78 is 2.63. The van der Waals surface area contributed by atoms with E-state index in [0.29, 0.717) is 12.4 Å². The zero-order valence-electron chi connectivity index (χ0n) is 8.81. The van der Waals surface area contributed by atoms with Crippen LogP contribution in [0.1, 0.15) is 13.3 Å². The second-order valence-electron chi connectivity index (χ2n) is 3.51. The highest BCUT2D eigenvalue weighted by Gasteiger charge is 2.07. The molecule has 2 heterocycles. The molecular weight excluding hydrogens is 268 g/mol. The monoisotopic (exact) mass is 278 g/mol. The Morgan fingerprint density at radius 2 is 2.50 bits per heavy atom. The SMILES string of the molecule is C#CCC(C)Nc1nc2c(Br)cccn2n1. The molecule has 1 atom stereocenters. The second-order valence-corrected chi connectivity index (χ2v) is 4.37. The summed E-state index contributed by atoms with van der Waals surface area (Å²) in [5, 5.41) is 7.44. The average molecular weight is 279 g/mol. The van der Waals surface area contributed by atoms with Crippen LogP contribution in [-0.2, 0) is 0 Å². The first-order valence-corrected chi connectivity index (χ1v) is 5.71. The van der Waals surface area contributed by atoms with E-state index < -0.39 is 0 Å². The Kier molecular flexibility index (Phi) is 3.11. The van der Waals surface area contributed by atoms with Crippen LogP contribution in [0.2, 0.25) is 0 Å². The first-order valence-electron chi connectivity index (χ1n) is 4.91. The predicted octanol–water partition coefficient (Wildman–Crippen LogP) is 2.32. The van der Waals surface area contributed by atoms with Crippen molar-refractivity contribution in [2.24, 2.45) is 0 Å². The Morgan fingerprint density at radius 1 is 1.69 bits per heavy atom. The van der Waals surface area contributed by atoms with Gasteiger partial charge in [-0.05, 0) is 35.0 Å². The van der Waals surface area contributed by atoms with Crippen molar-refractivity contribution in [1.29, 1.82) is 0 Å². The van der Waals surface area contributed by atoms with Crippen LogP contribution in [0, 0.1) is 12.3 Å². The fourth-order valence-electron chi connectivity index (χ4n) is 1.38. The summed E-state index contributed by atoms with van der Waals surface area (Å²) >= 11 is 3.42. The van der Waals surface area contributed by atoms with Crippen molar-refractivity contribution in [1.82, 2.24) is 14.6 Å². The molecule has 2 rings (SSSR count). The number of anilines is 1. The molecule has 0 saturated carbocycles. The maximum atomic E-state index is 5.24. The molecule has 0 aliphatic rings. The van der Waals surface area contributed by atoms with E-state index in [9.17, 15) is 0 Å². The van der Waals surface area contributed by atoms with Gasteiger partial charge >= 0.3 is 0 Å². The highest BCUT2D eigenvalue weighted by molar-refractivity contribution is 9.10. The molecule has 82 valence electrons. The van der Waals surface area contributed by atoms with Gasteiger partial charge in [0.2, 0.25) is 5.95 Å². The van der Waals surface area contributed by atoms with E-state index in [1.807, 2.05) is 25.3 Å². The standard InChI is InChI=1S/C11H11BrN4/c1-3-5-8(2)13-11-14-10-9(12)6-4-7-16(10)15-11/h1,4,6-8H,5H2,2H3,(H,13,15). The number of hydrogen-bond donors (Lipinski definition) is 1. The molecule has 2 aromatic heterocycles. The van der Waals surface area contributed by atoms with Gasteiger partial charge in [-0.3, -0.25) is 0 Å². The van der Waals surface area contributed by atoms with Gasteiger partial charge < -0.3 is 5.32 Å². The quantitative estimate of drug-likeness (QED) is 0.877. The molecule has 0 aliphatic carbocycles. The third kappa shape index (κ3) is 2.17. The third-order valence-corrected chi connectivity index (χ3v) is 2.73. The van der Waals surface area contributed by atoms with Crippen molar-refractivity contribution >= 4 is 27.5 Å². The van der Waals surface area contributed by atoms with Gasteiger partial charge in [-0.1, -0.05) is 0 Å². The van der Waals surface area contributed by atoms with Crippen molar-refractivity contribution in [2.75, 3.05) is 5.32 Å². The number of fused-ring (bicyclic) bond motifs is 1. The normalized spacial score (nSPS) is 12.3. The summed E-state index contributed by atoms with van der Waals surface area (Å²) in [5.74, 6) is 3.19. The fourth-order valence-corrected chi connectivity index (χ4v) is 1.81. The molecule has 5 heteroatoms. The molecule has 0 amide bonds. The first kappa shape index (κ1) is 11.0. The summed E-state index contributed by atoms with van der Waals surface area (Å²) in [6, 6.07) is 4.00. The van der Waals surface area contributed by atoms with Gasteiger partial charge in [0.1, 0.15) is 0 Å². The van der Waals surface area contributed by atoms with E-state index in [2.05, 4.69) is 37.2 Å². The van der Waals surface area contributed by atoms with Crippen LogP contribution in [-0.4, -0.2) is 20.6 Å². The van der Waals surface area contributed by atoms with Gasteiger partial charge in [0, 0.05) is 18.7 Å². The number of pyridine rings is 1. The molecule has 0 aliphatic heterocycles. The number of terminal acetylenes is 1. The molecule has 0 saturated heterocycles. The van der Waals surface area contributed by atoms with Gasteiger partial charge in [-0.2, -0.15) is 4.98 Å². The molecule has 0 aromatic carbocycles. The lowest BCUT2D eigenvalue weighted by molar-refractivity contribution is 0.808. The Labute approximate surface area is 102 Å². The van der Waals surface area contributed by atoms with Gasteiger partial charge in [-0.25, -0.2) is 4.52 Å². The van der Waals surface area contributed by atoms with E-state index in [0.717, 1.165) is 10.1 Å². The Bertz CT molecular complexity index is 540. The Hall–Kier alpha value is -1.54. The van der Waals surface area contributed by atoms with Crippen LogP contribution in [0.25, 0.3) is 5.65 Å². The molecule has 0 bridgehead atoms. The van der Waals surface area contributed by atoms with E-state index in [1.54, 1.807) is 4.52 Å². The van der Waals surface area contributed by atoms with Gasteiger partial charge in [0.25, 0.3) is 0 Å². The summed E-state index contributed by atoms with van der Waals surface area (Å²) in [6.45, 7) is 2.00. The maximum absolute atomic E-state index is 5.24. The van der Waals surface area contributed by atoms with Gasteiger partial charge in [0.15, 0.2) is 5.65 Å². The largest absolute Gasteiger partial charge is 0.350 e. The lowest BCUT2D eigenvalue weighted by Crippen LogP contribution is -2.15. The predicted molar refractivity (Wildman–Crippen MR) is 67.2 cm³/mol. The van der Waals surface area contributed by atoms with Crippen LogP contribution >= 0.6 is 15.9 Å². The second kappa shape index (κ2) is 4.54. The van der Waals surface area contributed by atoms with Crippen LogP contribution in [0.3, 0.4) is 0 Å². The topological polar surface area (TPSA) is 42.2 Å². The van der Waals surface area contributed by atoms with Gasteiger partial charge in [0.05, 0.1) is 4.47 Å². The number of nitrogens with one attached hydrogen (secondary N) is 1. The Balaban J connectivity index is 2.27. The molecule has 0 spiro atoms. The Morgan fingerprint density at radius 3 is 3.19 bits per heavy atom. The number of nitrogens with zero attached hydrogens (tertiary/aromatic N) is 3. The number of aromatic nitrogens is 3.